The second kappa shape index (κ2) is 7.39. The van der Waals surface area contributed by atoms with Crippen LogP contribution in [0.5, 0.6) is 0 Å². The molecule has 0 aliphatic carbocycles. The van der Waals surface area contributed by atoms with E-state index in [4.69, 9.17) is 20.3 Å². The Hall–Kier alpha value is -1.09. The van der Waals surface area contributed by atoms with Crippen LogP contribution in [0.3, 0.4) is 0 Å². The minimum Gasteiger partial charge on any atom is -0.387 e. The van der Waals surface area contributed by atoms with Crippen LogP contribution in [0.1, 0.15) is 6.23 Å². The molecule has 3 rings (SSSR count). The van der Waals surface area contributed by atoms with Crippen molar-refractivity contribution in [3.05, 3.63) is 12.7 Å². The predicted octanol–water partition coefficient (Wildman–Crippen LogP) is -1.63. The highest BCUT2D eigenvalue weighted by Crippen LogP contribution is 2.58. The van der Waals surface area contributed by atoms with Crippen molar-refractivity contribution in [3.63, 3.8) is 0 Å². The summed E-state index contributed by atoms with van der Waals surface area (Å²) in [4.78, 5) is 39.0. The molecule has 0 aromatic carbocycles. The SMILES string of the molecule is Nc1ncnc2c1ncn2[C@@H]1O[C@H](COP(=O)(O)OP(O)(O)=S)[C@@H](O)C1O. The summed E-state index contributed by atoms with van der Waals surface area (Å²) < 4.78 is 26.9. The molecular formula is C10H15N5O9P2S. The molecule has 27 heavy (non-hydrogen) atoms. The normalized spacial score (nSPS) is 28.5. The van der Waals surface area contributed by atoms with E-state index < -0.39 is 45.7 Å². The average Bonchev–Trinajstić information content (AvgIpc) is 3.07. The Balaban J connectivity index is 1.75. The number of nitrogens with zero attached hydrogens (tertiary/aromatic N) is 4. The summed E-state index contributed by atoms with van der Waals surface area (Å²) in [6, 6.07) is 0. The van der Waals surface area contributed by atoms with Crippen molar-refractivity contribution in [2.45, 2.75) is 24.5 Å². The number of nitrogens with two attached hydrogens (primary N) is 1. The molecule has 5 atom stereocenters. The molecule has 2 unspecified atom stereocenters. The molecule has 0 radical (unpaired) electrons. The van der Waals surface area contributed by atoms with Gasteiger partial charge in [0, 0.05) is 0 Å². The second-order valence-corrected chi connectivity index (χ2v) is 9.72. The molecular weight excluding hydrogens is 428 g/mol. The van der Waals surface area contributed by atoms with E-state index in [1.807, 2.05) is 0 Å². The van der Waals surface area contributed by atoms with Gasteiger partial charge >= 0.3 is 14.5 Å². The van der Waals surface area contributed by atoms with Gasteiger partial charge in [-0.1, -0.05) is 0 Å². The molecule has 3 heterocycles. The van der Waals surface area contributed by atoms with E-state index in [9.17, 15) is 19.7 Å². The number of nitrogen functional groups attached to an aromatic ring is 1. The van der Waals surface area contributed by atoms with Crippen molar-refractivity contribution >= 4 is 43.3 Å². The van der Waals surface area contributed by atoms with Crippen molar-refractivity contribution in [1.29, 1.82) is 0 Å². The van der Waals surface area contributed by atoms with Crippen molar-refractivity contribution in [2.75, 3.05) is 12.3 Å². The molecule has 1 saturated heterocycles. The van der Waals surface area contributed by atoms with E-state index in [1.54, 1.807) is 0 Å². The molecule has 2 aromatic heterocycles. The lowest BCUT2D eigenvalue weighted by atomic mass is 10.1. The van der Waals surface area contributed by atoms with Crippen molar-refractivity contribution in [3.8, 4) is 0 Å². The molecule has 17 heteroatoms. The van der Waals surface area contributed by atoms with E-state index >= 15 is 0 Å². The lowest BCUT2D eigenvalue weighted by Gasteiger charge is -2.18. The number of fused-ring (bicyclic) bond motifs is 1. The fourth-order valence-electron chi connectivity index (χ4n) is 2.48. The number of anilines is 1. The third kappa shape index (κ3) is 4.50. The van der Waals surface area contributed by atoms with Gasteiger partial charge in [-0.15, -0.1) is 0 Å². The Morgan fingerprint density at radius 3 is 2.63 bits per heavy atom. The first kappa shape index (κ1) is 20.6. The number of phosphoric ester groups is 1. The van der Waals surface area contributed by atoms with Gasteiger partial charge in [0.25, 0.3) is 0 Å². The number of imidazole rings is 1. The maximum atomic E-state index is 11.6. The standard InChI is InChI=1S/C10H15N5O9P2S/c11-8-5-9(13-2-12-8)15(3-14-5)10-7(17)6(16)4(23-10)1-22-25(18,19)24-26(20,21)27/h2-4,6-7,10,16-17H,1H2,(H,18,19)(H2,11,12,13)(H2,20,21,27)/t4-,6-,7?,10-/m1/s1. The molecule has 150 valence electrons. The number of aliphatic hydroxyl groups is 2. The van der Waals surface area contributed by atoms with Gasteiger partial charge < -0.3 is 35.4 Å². The van der Waals surface area contributed by atoms with Crippen LogP contribution in [0.2, 0.25) is 0 Å². The van der Waals surface area contributed by atoms with E-state index in [0.29, 0.717) is 0 Å². The second-order valence-electron chi connectivity index (χ2n) is 5.47. The van der Waals surface area contributed by atoms with Gasteiger partial charge in [-0.3, -0.25) is 9.09 Å². The molecule has 0 saturated carbocycles. The highest BCUT2D eigenvalue weighted by Gasteiger charge is 2.45. The van der Waals surface area contributed by atoms with Gasteiger partial charge in [0.05, 0.1) is 12.9 Å². The zero-order chi connectivity index (χ0) is 20.0. The molecule has 2 aromatic rings. The number of rotatable bonds is 6. The number of phosphoric acid groups is 1. The summed E-state index contributed by atoms with van der Waals surface area (Å²) in [5, 5.41) is 20.3. The number of hydrogen-bond donors (Lipinski definition) is 6. The van der Waals surface area contributed by atoms with E-state index in [-0.39, 0.29) is 17.0 Å². The number of hydrogen-bond acceptors (Lipinski definition) is 11. The third-order valence-corrected chi connectivity index (χ3v) is 6.36. The lowest BCUT2D eigenvalue weighted by molar-refractivity contribution is -0.0502. The largest absolute Gasteiger partial charge is 0.479 e. The van der Waals surface area contributed by atoms with E-state index in [2.05, 4.69) is 35.6 Å². The lowest BCUT2D eigenvalue weighted by Crippen LogP contribution is -2.33. The molecule has 1 aliphatic heterocycles. The Morgan fingerprint density at radius 1 is 1.26 bits per heavy atom. The third-order valence-electron chi connectivity index (χ3n) is 3.61. The Kier molecular flexibility index (Phi) is 5.65. The highest BCUT2D eigenvalue weighted by molar-refractivity contribution is 8.08. The van der Waals surface area contributed by atoms with Crippen LogP contribution in [0, 0.1) is 0 Å². The maximum Gasteiger partial charge on any atom is 0.479 e. The van der Waals surface area contributed by atoms with Crippen molar-refractivity contribution in [1.82, 2.24) is 19.5 Å². The Bertz CT molecular complexity index is 937. The van der Waals surface area contributed by atoms with Gasteiger partial charge in [-0.25, -0.2) is 23.8 Å². The van der Waals surface area contributed by atoms with Crippen molar-refractivity contribution < 1.29 is 43.0 Å². The van der Waals surface area contributed by atoms with Crippen molar-refractivity contribution in [2.24, 2.45) is 0 Å². The average molecular weight is 443 g/mol. The quantitative estimate of drug-likeness (QED) is 0.276. The van der Waals surface area contributed by atoms with Crippen LogP contribution in [-0.4, -0.2) is 69.3 Å². The Morgan fingerprint density at radius 2 is 1.96 bits per heavy atom. The molecule has 0 bridgehead atoms. The zero-order valence-electron chi connectivity index (χ0n) is 13.2. The summed E-state index contributed by atoms with van der Waals surface area (Å²) in [6.45, 7) is -5.18. The van der Waals surface area contributed by atoms with Crippen LogP contribution in [-0.2, 0) is 29.9 Å². The maximum absolute atomic E-state index is 11.6. The molecule has 1 aliphatic rings. The van der Waals surface area contributed by atoms with Gasteiger partial charge in [-0.05, 0) is 11.8 Å². The highest BCUT2D eigenvalue weighted by atomic mass is 32.5. The van der Waals surface area contributed by atoms with Gasteiger partial charge in [0.15, 0.2) is 17.7 Å². The summed E-state index contributed by atoms with van der Waals surface area (Å²) in [5.74, 6) is 0.105. The van der Waals surface area contributed by atoms with E-state index in [0.717, 1.165) is 0 Å². The predicted molar refractivity (Wildman–Crippen MR) is 91.2 cm³/mol. The van der Waals surface area contributed by atoms with E-state index in [1.165, 1.54) is 17.2 Å². The minimum absolute atomic E-state index is 0.105. The molecule has 0 amide bonds. The first-order valence-corrected chi connectivity index (χ1v) is 11.3. The minimum atomic E-state index is -4.92. The van der Waals surface area contributed by atoms with Crippen LogP contribution < -0.4 is 5.73 Å². The Labute approximate surface area is 156 Å². The number of aliphatic hydroxyl groups excluding tert-OH is 2. The first-order chi connectivity index (χ1) is 12.5. The summed E-state index contributed by atoms with van der Waals surface area (Å²) in [7, 11) is -4.92. The first-order valence-electron chi connectivity index (χ1n) is 7.17. The number of aromatic nitrogens is 4. The van der Waals surface area contributed by atoms with Crippen LogP contribution in [0.15, 0.2) is 12.7 Å². The zero-order valence-corrected chi connectivity index (χ0v) is 15.8. The fourth-order valence-corrected chi connectivity index (χ4v) is 4.84. The van der Waals surface area contributed by atoms with Gasteiger partial charge in [0.1, 0.15) is 30.2 Å². The number of ether oxygens (including phenoxy) is 1. The van der Waals surface area contributed by atoms with Crippen LogP contribution in [0.25, 0.3) is 11.2 Å². The molecule has 0 spiro atoms. The summed E-state index contributed by atoms with van der Waals surface area (Å²) in [5.41, 5.74) is 6.18. The molecule has 1 fully saturated rings. The fraction of sp³-hybridized carbons (Fsp3) is 0.500. The molecule has 7 N–H and O–H groups in total. The summed E-state index contributed by atoms with van der Waals surface area (Å²) >= 11 is 4.09. The van der Waals surface area contributed by atoms with Gasteiger partial charge in [-0.2, -0.15) is 0 Å². The summed E-state index contributed by atoms with van der Waals surface area (Å²) in [6.07, 6.45) is -2.95. The smallest absolute Gasteiger partial charge is 0.387 e. The monoisotopic (exact) mass is 443 g/mol. The van der Waals surface area contributed by atoms with Gasteiger partial charge in [0.2, 0.25) is 0 Å². The molecule has 14 nitrogen and oxygen atoms in total. The topological polar surface area (TPSA) is 216 Å². The van der Waals surface area contributed by atoms with Crippen LogP contribution >= 0.6 is 14.5 Å². The van der Waals surface area contributed by atoms with Crippen LogP contribution in [0.4, 0.5) is 5.82 Å².